The molecule has 0 bridgehead atoms. The lowest BCUT2D eigenvalue weighted by atomic mass is 10.1. The second kappa shape index (κ2) is 9.18. The van der Waals surface area contributed by atoms with E-state index in [1.165, 1.54) is 0 Å². The molecule has 0 unspecified atom stereocenters. The highest BCUT2D eigenvalue weighted by atomic mass is 16.5. The molecular formula is C21H20N4O3. The summed E-state index contributed by atoms with van der Waals surface area (Å²) in [6.45, 7) is 0.392. The molecule has 1 heterocycles. The number of para-hydroxylation sites is 2. The van der Waals surface area contributed by atoms with Crippen LogP contribution in [-0.2, 0) is 17.9 Å². The SMILES string of the molecule is Nc1ccccc1NC(=O)c1ccc(CNC(=O)OCc2ccccn2)cc1. The number of alkyl carbamates (subject to hydrolysis) is 1. The van der Waals surface area contributed by atoms with Crippen LogP contribution < -0.4 is 16.4 Å². The van der Waals surface area contributed by atoms with Gasteiger partial charge in [0.05, 0.1) is 17.1 Å². The summed E-state index contributed by atoms with van der Waals surface area (Å²) in [7, 11) is 0. The number of hydrogen-bond donors (Lipinski definition) is 3. The second-order valence-electron chi connectivity index (χ2n) is 5.99. The van der Waals surface area contributed by atoms with Gasteiger partial charge in [0.15, 0.2) is 0 Å². The summed E-state index contributed by atoms with van der Waals surface area (Å²) < 4.78 is 5.10. The number of amides is 2. The van der Waals surface area contributed by atoms with Crippen molar-refractivity contribution in [1.29, 1.82) is 0 Å². The molecule has 0 aliphatic rings. The zero-order chi connectivity index (χ0) is 19.8. The molecule has 7 nitrogen and oxygen atoms in total. The lowest BCUT2D eigenvalue weighted by molar-refractivity contribution is 0.102. The Morgan fingerprint density at radius 2 is 1.71 bits per heavy atom. The Labute approximate surface area is 162 Å². The zero-order valence-corrected chi connectivity index (χ0v) is 15.1. The summed E-state index contributed by atoms with van der Waals surface area (Å²) in [5.41, 5.74) is 8.90. The molecule has 0 atom stereocenters. The minimum Gasteiger partial charge on any atom is -0.443 e. The van der Waals surface area contributed by atoms with Crippen LogP contribution in [0.4, 0.5) is 16.2 Å². The summed E-state index contributed by atoms with van der Waals surface area (Å²) in [4.78, 5) is 28.1. The molecule has 0 fully saturated rings. The van der Waals surface area contributed by atoms with Crippen LogP contribution in [0.25, 0.3) is 0 Å². The van der Waals surface area contributed by atoms with Crippen LogP contribution in [-0.4, -0.2) is 17.0 Å². The molecule has 1 aromatic heterocycles. The molecule has 0 aliphatic carbocycles. The Morgan fingerprint density at radius 3 is 2.43 bits per heavy atom. The van der Waals surface area contributed by atoms with E-state index in [1.807, 2.05) is 6.07 Å². The topological polar surface area (TPSA) is 106 Å². The molecule has 2 amide bonds. The van der Waals surface area contributed by atoms with Gasteiger partial charge in [-0.3, -0.25) is 9.78 Å². The molecule has 0 saturated heterocycles. The minimum atomic E-state index is -0.535. The van der Waals surface area contributed by atoms with Crippen molar-refractivity contribution in [3.8, 4) is 0 Å². The predicted octanol–water partition coefficient (Wildman–Crippen LogP) is 3.34. The number of hydrogen-bond acceptors (Lipinski definition) is 5. The molecule has 4 N–H and O–H groups in total. The Kier molecular flexibility index (Phi) is 6.20. The number of carbonyl (C=O) groups excluding carboxylic acids is 2. The first-order valence-electron chi connectivity index (χ1n) is 8.67. The fourth-order valence-corrected chi connectivity index (χ4v) is 2.43. The van der Waals surface area contributed by atoms with Gasteiger partial charge < -0.3 is 21.1 Å². The highest BCUT2D eigenvalue weighted by Gasteiger charge is 2.08. The highest BCUT2D eigenvalue weighted by Crippen LogP contribution is 2.18. The fraction of sp³-hybridized carbons (Fsp3) is 0.0952. The predicted molar refractivity (Wildman–Crippen MR) is 107 cm³/mol. The van der Waals surface area contributed by atoms with Gasteiger partial charge in [0.2, 0.25) is 0 Å². The van der Waals surface area contributed by atoms with Gasteiger partial charge in [-0.2, -0.15) is 0 Å². The normalized spacial score (nSPS) is 10.1. The van der Waals surface area contributed by atoms with E-state index in [-0.39, 0.29) is 19.1 Å². The maximum Gasteiger partial charge on any atom is 0.407 e. The molecule has 3 aromatic rings. The molecule has 2 aromatic carbocycles. The lowest BCUT2D eigenvalue weighted by Crippen LogP contribution is -2.23. The maximum atomic E-state index is 12.3. The Balaban J connectivity index is 1.48. The van der Waals surface area contributed by atoms with Crippen molar-refractivity contribution in [2.45, 2.75) is 13.2 Å². The molecule has 142 valence electrons. The van der Waals surface area contributed by atoms with Crippen LogP contribution in [0, 0.1) is 0 Å². The standard InChI is InChI=1S/C21H20N4O3/c22-18-6-1-2-7-19(18)25-20(26)16-10-8-15(9-11-16)13-24-21(27)28-14-17-5-3-4-12-23-17/h1-12H,13-14,22H2,(H,24,27)(H,25,26). The van der Waals surface area contributed by atoms with Crippen molar-refractivity contribution in [1.82, 2.24) is 10.3 Å². The Bertz CT molecular complexity index is 943. The van der Waals surface area contributed by atoms with Crippen LogP contribution in [0.5, 0.6) is 0 Å². The van der Waals surface area contributed by atoms with Gasteiger partial charge in [-0.05, 0) is 42.0 Å². The zero-order valence-electron chi connectivity index (χ0n) is 15.1. The van der Waals surface area contributed by atoms with Gasteiger partial charge in [0.1, 0.15) is 6.61 Å². The summed E-state index contributed by atoms with van der Waals surface area (Å²) in [6, 6.07) is 19.4. The number of carbonyl (C=O) groups is 2. The van der Waals surface area contributed by atoms with Crippen LogP contribution in [0.3, 0.4) is 0 Å². The molecule has 28 heavy (non-hydrogen) atoms. The number of nitrogens with zero attached hydrogens (tertiary/aromatic N) is 1. The average molecular weight is 376 g/mol. The van der Waals surface area contributed by atoms with Crippen molar-refractivity contribution >= 4 is 23.4 Å². The Hall–Kier alpha value is -3.87. The van der Waals surface area contributed by atoms with E-state index < -0.39 is 6.09 Å². The third kappa shape index (κ3) is 5.31. The van der Waals surface area contributed by atoms with E-state index in [2.05, 4.69) is 15.6 Å². The number of anilines is 2. The number of ether oxygens (including phenoxy) is 1. The van der Waals surface area contributed by atoms with Crippen molar-refractivity contribution in [2.75, 3.05) is 11.1 Å². The highest BCUT2D eigenvalue weighted by molar-refractivity contribution is 6.05. The number of nitrogen functional groups attached to an aromatic ring is 1. The molecule has 0 aliphatic heterocycles. The third-order valence-electron chi connectivity index (χ3n) is 3.94. The van der Waals surface area contributed by atoms with E-state index in [0.717, 1.165) is 5.56 Å². The molecule has 0 saturated carbocycles. The van der Waals surface area contributed by atoms with Gasteiger partial charge in [-0.25, -0.2) is 4.79 Å². The van der Waals surface area contributed by atoms with Gasteiger partial charge >= 0.3 is 6.09 Å². The smallest absolute Gasteiger partial charge is 0.407 e. The summed E-state index contributed by atoms with van der Waals surface area (Å²) in [5.74, 6) is -0.257. The molecule has 0 radical (unpaired) electrons. The Morgan fingerprint density at radius 1 is 0.964 bits per heavy atom. The quantitative estimate of drug-likeness (QED) is 0.572. The number of rotatable bonds is 6. The molecular weight excluding hydrogens is 356 g/mol. The fourth-order valence-electron chi connectivity index (χ4n) is 2.43. The number of nitrogens with one attached hydrogen (secondary N) is 2. The number of benzene rings is 2. The van der Waals surface area contributed by atoms with Crippen molar-refractivity contribution < 1.29 is 14.3 Å². The van der Waals surface area contributed by atoms with Crippen molar-refractivity contribution in [3.63, 3.8) is 0 Å². The van der Waals surface area contributed by atoms with E-state index in [0.29, 0.717) is 22.6 Å². The maximum absolute atomic E-state index is 12.3. The molecule has 7 heteroatoms. The van der Waals surface area contributed by atoms with Crippen LogP contribution in [0.2, 0.25) is 0 Å². The number of pyridine rings is 1. The van der Waals surface area contributed by atoms with Crippen LogP contribution in [0.1, 0.15) is 21.6 Å². The van der Waals surface area contributed by atoms with Gasteiger partial charge in [-0.15, -0.1) is 0 Å². The second-order valence-corrected chi connectivity index (χ2v) is 5.99. The summed E-state index contributed by atoms with van der Waals surface area (Å²) in [5, 5.41) is 5.43. The summed E-state index contributed by atoms with van der Waals surface area (Å²) >= 11 is 0. The number of aromatic nitrogens is 1. The summed E-state index contributed by atoms with van der Waals surface area (Å²) in [6.07, 6.45) is 1.10. The van der Waals surface area contributed by atoms with E-state index in [9.17, 15) is 9.59 Å². The van der Waals surface area contributed by atoms with Gasteiger partial charge in [0, 0.05) is 18.3 Å². The first kappa shape index (κ1) is 18.9. The first-order chi connectivity index (χ1) is 13.6. The van der Waals surface area contributed by atoms with Gasteiger partial charge in [0.25, 0.3) is 5.91 Å². The first-order valence-corrected chi connectivity index (χ1v) is 8.67. The largest absolute Gasteiger partial charge is 0.443 e. The number of nitrogens with two attached hydrogens (primary N) is 1. The van der Waals surface area contributed by atoms with Crippen LogP contribution in [0.15, 0.2) is 72.9 Å². The van der Waals surface area contributed by atoms with E-state index in [4.69, 9.17) is 10.5 Å². The van der Waals surface area contributed by atoms with Crippen LogP contribution >= 0.6 is 0 Å². The molecule has 3 rings (SSSR count). The average Bonchev–Trinajstić information content (AvgIpc) is 2.73. The monoisotopic (exact) mass is 376 g/mol. The minimum absolute atomic E-state index is 0.106. The molecule has 0 spiro atoms. The lowest BCUT2D eigenvalue weighted by Gasteiger charge is -2.09. The van der Waals surface area contributed by atoms with Crippen molar-refractivity contribution in [2.24, 2.45) is 0 Å². The van der Waals surface area contributed by atoms with E-state index >= 15 is 0 Å². The van der Waals surface area contributed by atoms with Crippen molar-refractivity contribution in [3.05, 3.63) is 89.7 Å². The third-order valence-corrected chi connectivity index (χ3v) is 3.94. The van der Waals surface area contributed by atoms with E-state index in [1.54, 1.807) is 66.9 Å². The van der Waals surface area contributed by atoms with Gasteiger partial charge in [-0.1, -0.05) is 30.3 Å².